The first-order valence-corrected chi connectivity index (χ1v) is 8.56. The highest BCUT2D eigenvalue weighted by atomic mass is 32.1. The lowest BCUT2D eigenvalue weighted by Gasteiger charge is -2.32. The molecule has 2 nitrogen and oxygen atoms in total. The molecule has 3 rings (SSSR count). The van der Waals surface area contributed by atoms with Gasteiger partial charge in [0.05, 0.1) is 6.10 Å². The molecule has 0 amide bonds. The Bertz CT molecular complexity index is 551. The monoisotopic (exact) mass is 289 g/mol. The van der Waals surface area contributed by atoms with Gasteiger partial charge < -0.3 is 10.1 Å². The van der Waals surface area contributed by atoms with Gasteiger partial charge in [-0.25, -0.2) is 0 Å². The molecule has 0 radical (unpaired) electrons. The van der Waals surface area contributed by atoms with Crippen LogP contribution in [0.2, 0.25) is 0 Å². The third-order valence-electron chi connectivity index (χ3n) is 4.10. The fourth-order valence-corrected chi connectivity index (χ4v) is 4.06. The van der Waals surface area contributed by atoms with Gasteiger partial charge in [-0.15, -0.1) is 11.3 Å². The molecule has 1 aliphatic rings. The van der Waals surface area contributed by atoms with Crippen molar-refractivity contribution in [3.63, 3.8) is 0 Å². The SMILES string of the molecule is CCCNCC1CCCOC1c1csc2ccccc12. The molecule has 1 aromatic carbocycles. The molecule has 2 heterocycles. The lowest BCUT2D eigenvalue weighted by molar-refractivity contribution is -0.0266. The molecule has 3 heteroatoms. The first-order chi connectivity index (χ1) is 9.90. The van der Waals surface area contributed by atoms with E-state index >= 15 is 0 Å². The Labute approximate surface area is 125 Å². The van der Waals surface area contributed by atoms with Crippen LogP contribution >= 0.6 is 11.3 Å². The predicted molar refractivity (Wildman–Crippen MR) is 86.4 cm³/mol. The van der Waals surface area contributed by atoms with E-state index in [1.165, 1.54) is 34.9 Å². The zero-order valence-corrected chi connectivity index (χ0v) is 12.9. The van der Waals surface area contributed by atoms with Crippen molar-refractivity contribution >= 4 is 21.4 Å². The van der Waals surface area contributed by atoms with Gasteiger partial charge in [-0.05, 0) is 48.2 Å². The van der Waals surface area contributed by atoms with Crippen LogP contribution in [0.25, 0.3) is 10.1 Å². The second-order valence-electron chi connectivity index (χ2n) is 5.59. The van der Waals surface area contributed by atoms with E-state index in [4.69, 9.17) is 4.74 Å². The molecular formula is C17H23NOS. The van der Waals surface area contributed by atoms with Gasteiger partial charge >= 0.3 is 0 Å². The number of benzene rings is 1. The zero-order valence-electron chi connectivity index (χ0n) is 12.1. The zero-order chi connectivity index (χ0) is 13.8. The molecule has 0 bridgehead atoms. The summed E-state index contributed by atoms with van der Waals surface area (Å²) in [4.78, 5) is 0. The molecule has 2 aromatic rings. The van der Waals surface area contributed by atoms with Crippen molar-refractivity contribution in [3.05, 3.63) is 35.2 Å². The number of thiophene rings is 1. The molecule has 0 aliphatic carbocycles. The van der Waals surface area contributed by atoms with Crippen molar-refractivity contribution in [1.82, 2.24) is 5.32 Å². The second kappa shape index (κ2) is 6.70. The Morgan fingerprint density at radius 2 is 2.25 bits per heavy atom. The van der Waals surface area contributed by atoms with Crippen LogP contribution in [-0.4, -0.2) is 19.7 Å². The fraction of sp³-hybridized carbons (Fsp3) is 0.529. The molecule has 1 fully saturated rings. The van der Waals surface area contributed by atoms with Gasteiger partial charge in [0, 0.05) is 23.8 Å². The fourth-order valence-electron chi connectivity index (χ4n) is 3.08. The van der Waals surface area contributed by atoms with Crippen LogP contribution in [0.4, 0.5) is 0 Å². The van der Waals surface area contributed by atoms with Crippen LogP contribution in [0.15, 0.2) is 29.6 Å². The predicted octanol–water partition coefficient (Wildman–Crippen LogP) is 4.37. The van der Waals surface area contributed by atoms with Crippen molar-refractivity contribution in [2.75, 3.05) is 19.7 Å². The quantitative estimate of drug-likeness (QED) is 0.825. The highest BCUT2D eigenvalue weighted by molar-refractivity contribution is 7.17. The van der Waals surface area contributed by atoms with E-state index in [0.29, 0.717) is 5.92 Å². The summed E-state index contributed by atoms with van der Waals surface area (Å²) in [6.45, 7) is 5.30. The van der Waals surface area contributed by atoms with Crippen molar-refractivity contribution in [1.29, 1.82) is 0 Å². The molecule has 1 aromatic heterocycles. The van der Waals surface area contributed by atoms with Gasteiger partial charge in [-0.1, -0.05) is 25.1 Å². The van der Waals surface area contributed by atoms with Crippen molar-refractivity contribution < 1.29 is 4.74 Å². The third-order valence-corrected chi connectivity index (χ3v) is 5.08. The highest BCUT2D eigenvalue weighted by Gasteiger charge is 2.28. The molecule has 0 saturated carbocycles. The smallest absolute Gasteiger partial charge is 0.0879 e. The van der Waals surface area contributed by atoms with E-state index in [1.54, 1.807) is 0 Å². The molecule has 108 valence electrons. The van der Waals surface area contributed by atoms with Gasteiger partial charge in [0.1, 0.15) is 0 Å². The minimum absolute atomic E-state index is 0.268. The summed E-state index contributed by atoms with van der Waals surface area (Å²) in [5.74, 6) is 0.605. The van der Waals surface area contributed by atoms with Crippen LogP contribution in [0.1, 0.15) is 37.9 Å². The summed E-state index contributed by atoms with van der Waals surface area (Å²) in [5, 5.41) is 7.25. The first-order valence-electron chi connectivity index (χ1n) is 7.68. The van der Waals surface area contributed by atoms with Crippen LogP contribution in [0.5, 0.6) is 0 Å². The minimum atomic E-state index is 0.268. The van der Waals surface area contributed by atoms with Gasteiger partial charge in [0.15, 0.2) is 0 Å². The largest absolute Gasteiger partial charge is 0.373 e. The Morgan fingerprint density at radius 3 is 3.15 bits per heavy atom. The summed E-state index contributed by atoms with van der Waals surface area (Å²) in [5.41, 5.74) is 1.40. The van der Waals surface area contributed by atoms with Crippen LogP contribution in [0, 0.1) is 5.92 Å². The Kier molecular flexibility index (Phi) is 4.71. The van der Waals surface area contributed by atoms with Crippen LogP contribution < -0.4 is 5.32 Å². The maximum absolute atomic E-state index is 6.14. The Morgan fingerprint density at radius 1 is 1.35 bits per heavy atom. The molecule has 0 spiro atoms. The summed E-state index contributed by atoms with van der Waals surface area (Å²) in [7, 11) is 0. The number of hydrogen-bond donors (Lipinski definition) is 1. The number of ether oxygens (including phenoxy) is 1. The second-order valence-corrected chi connectivity index (χ2v) is 6.50. The minimum Gasteiger partial charge on any atom is -0.373 e. The van der Waals surface area contributed by atoms with Crippen molar-refractivity contribution in [2.24, 2.45) is 5.92 Å². The molecule has 2 unspecified atom stereocenters. The normalized spacial score (nSPS) is 23.2. The van der Waals surface area contributed by atoms with E-state index in [1.807, 2.05) is 11.3 Å². The molecule has 20 heavy (non-hydrogen) atoms. The van der Waals surface area contributed by atoms with Gasteiger partial charge in [-0.3, -0.25) is 0 Å². The van der Waals surface area contributed by atoms with E-state index in [2.05, 4.69) is 41.9 Å². The Balaban J connectivity index is 1.81. The summed E-state index contributed by atoms with van der Waals surface area (Å²) in [6.07, 6.45) is 3.92. The van der Waals surface area contributed by atoms with Crippen molar-refractivity contribution in [3.8, 4) is 0 Å². The average Bonchev–Trinajstić information content (AvgIpc) is 2.92. The van der Waals surface area contributed by atoms with E-state index < -0.39 is 0 Å². The van der Waals surface area contributed by atoms with Gasteiger partial charge in [0.2, 0.25) is 0 Å². The third kappa shape index (κ3) is 2.90. The average molecular weight is 289 g/mol. The Hall–Kier alpha value is -0.900. The van der Waals surface area contributed by atoms with Crippen LogP contribution in [-0.2, 0) is 4.74 Å². The summed E-state index contributed by atoms with van der Waals surface area (Å²) >= 11 is 1.84. The van der Waals surface area contributed by atoms with Crippen molar-refractivity contribution in [2.45, 2.75) is 32.3 Å². The van der Waals surface area contributed by atoms with Crippen LogP contribution in [0.3, 0.4) is 0 Å². The van der Waals surface area contributed by atoms with E-state index in [-0.39, 0.29) is 6.10 Å². The topological polar surface area (TPSA) is 21.3 Å². The van der Waals surface area contributed by atoms with Gasteiger partial charge in [-0.2, -0.15) is 0 Å². The lowest BCUT2D eigenvalue weighted by Crippen LogP contribution is -2.32. The van der Waals surface area contributed by atoms with E-state index in [0.717, 1.165) is 19.7 Å². The van der Waals surface area contributed by atoms with Gasteiger partial charge in [0.25, 0.3) is 0 Å². The molecule has 1 aliphatic heterocycles. The number of rotatable bonds is 5. The van der Waals surface area contributed by atoms with E-state index in [9.17, 15) is 0 Å². The molecule has 1 saturated heterocycles. The first kappa shape index (κ1) is 14.1. The molecular weight excluding hydrogens is 266 g/mol. The molecule has 1 N–H and O–H groups in total. The summed E-state index contributed by atoms with van der Waals surface area (Å²) < 4.78 is 7.51. The summed E-state index contributed by atoms with van der Waals surface area (Å²) in [6, 6.07) is 8.68. The lowest BCUT2D eigenvalue weighted by atomic mass is 9.89. The number of fused-ring (bicyclic) bond motifs is 1. The highest BCUT2D eigenvalue weighted by Crippen LogP contribution is 2.39. The molecule has 2 atom stereocenters. The number of hydrogen-bond acceptors (Lipinski definition) is 3. The standard InChI is InChI=1S/C17H23NOS/c1-2-9-18-11-13-6-5-10-19-17(13)15-12-20-16-8-4-3-7-14(15)16/h3-4,7-8,12-13,17-18H,2,5-6,9-11H2,1H3. The number of nitrogens with one attached hydrogen (secondary N) is 1. The maximum Gasteiger partial charge on any atom is 0.0879 e. The maximum atomic E-state index is 6.14.